The second-order valence-electron chi connectivity index (χ2n) is 4.15. The highest BCUT2D eigenvalue weighted by Gasteiger charge is 2.05. The Morgan fingerprint density at radius 3 is 2.80 bits per heavy atom. The van der Waals surface area contributed by atoms with Crippen LogP contribution >= 0.6 is 11.6 Å². The largest absolute Gasteiger partial charge is 0.508 e. The number of aromatic hydroxyl groups is 1. The van der Waals surface area contributed by atoms with Crippen LogP contribution in [-0.2, 0) is 6.54 Å². The maximum absolute atomic E-state index is 9.78. The summed E-state index contributed by atoms with van der Waals surface area (Å²) in [5, 5.41) is 22.3. The number of hydrogen-bond donors (Lipinski definition) is 2. The molecule has 0 amide bonds. The minimum atomic E-state index is 0.188. The first kappa shape index (κ1) is 14.0. The van der Waals surface area contributed by atoms with Crippen molar-refractivity contribution in [3.63, 3.8) is 0 Å². The molecule has 0 saturated carbocycles. The number of ether oxygens (including phenoxy) is 1. The molecule has 0 heterocycles. The standard InChI is InChI=1S/C15H13ClN2O2/c1-20-13-3-5-15(19)11(7-13)9-18-12-2-4-14(16)10(6-12)8-17/h2-7,18-19H,9H2,1H3. The molecule has 2 aromatic rings. The van der Waals surface area contributed by atoms with Crippen LogP contribution in [0.1, 0.15) is 11.1 Å². The van der Waals surface area contributed by atoms with Gasteiger partial charge in [-0.25, -0.2) is 0 Å². The monoisotopic (exact) mass is 288 g/mol. The number of methoxy groups -OCH3 is 1. The molecule has 0 bridgehead atoms. The van der Waals surface area contributed by atoms with Crippen LogP contribution in [0.5, 0.6) is 11.5 Å². The summed E-state index contributed by atoms with van der Waals surface area (Å²) in [5.74, 6) is 0.862. The lowest BCUT2D eigenvalue weighted by atomic mass is 10.1. The summed E-state index contributed by atoms with van der Waals surface area (Å²) in [6.45, 7) is 0.412. The molecule has 0 aromatic heterocycles. The lowest BCUT2D eigenvalue weighted by molar-refractivity contribution is 0.411. The van der Waals surface area contributed by atoms with Crippen molar-refractivity contribution >= 4 is 17.3 Å². The number of rotatable bonds is 4. The van der Waals surface area contributed by atoms with Crippen LogP contribution in [-0.4, -0.2) is 12.2 Å². The third-order valence-electron chi connectivity index (χ3n) is 2.86. The second-order valence-corrected chi connectivity index (χ2v) is 4.56. The molecule has 0 unspecified atom stereocenters. The summed E-state index contributed by atoms with van der Waals surface area (Å²) in [6, 6.07) is 12.2. The topological polar surface area (TPSA) is 65.3 Å². The lowest BCUT2D eigenvalue weighted by Crippen LogP contribution is -2.00. The zero-order valence-electron chi connectivity index (χ0n) is 10.9. The summed E-state index contributed by atoms with van der Waals surface area (Å²) in [4.78, 5) is 0. The third-order valence-corrected chi connectivity index (χ3v) is 3.19. The summed E-state index contributed by atoms with van der Waals surface area (Å²) in [6.07, 6.45) is 0. The van der Waals surface area contributed by atoms with Crippen molar-refractivity contribution in [2.45, 2.75) is 6.54 Å². The van der Waals surface area contributed by atoms with E-state index in [2.05, 4.69) is 5.32 Å². The minimum Gasteiger partial charge on any atom is -0.508 e. The van der Waals surface area contributed by atoms with Crippen LogP contribution in [0.4, 0.5) is 5.69 Å². The van der Waals surface area contributed by atoms with E-state index in [1.165, 1.54) is 0 Å². The Kier molecular flexibility index (Phi) is 4.34. The molecule has 0 radical (unpaired) electrons. The average molecular weight is 289 g/mol. The average Bonchev–Trinajstić information content (AvgIpc) is 2.47. The summed E-state index contributed by atoms with van der Waals surface area (Å²) in [5.41, 5.74) is 1.87. The van der Waals surface area contributed by atoms with E-state index in [-0.39, 0.29) is 5.75 Å². The van der Waals surface area contributed by atoms with E-state index in [0.717, 1.165) is 5.69 Å². The minimum absolute atomic E-state index is 0.188. The van der Waals surface area contributed by atoms with E-state index in [4.69, 9.17) is 21.6 Å². The van der Waals surface area contributed by atoms with Gasteiger partial charge in [0.15, 0.2) is 0 Å². The SMILES string of the molecule is COc1ccc(O)c(CNc2ccc(Cl)c(C#N)c2)c1. The fraction of sp³-hybridized carbons (Fsp3) is 0.133. The van der Waals surface area contributed by atoms with Gasteiger partial charge in [-0.05, 0) is 36.4 Å². The molecule has 0 aliphatic heterocycles. The first-order valence-electron chi connectivity index (χ1n) is 5.93. The number of nitrogens with one attached hydrogen (secondary N) is 1. The number of phenols is 1. The van der Waals surface area contributed by atoms with Crippen molar-refractivity contribution < 1.29 is 9.84 Å². The molecule has 20 heavy (non-hydrogen) atoms. The molecule has 2 aromatic carbocycles. The number of anilines is 1. The van der Waals surface area contributed by atoms with Crippen molar-refractivity contribution in [2.24, 2.45) is 0 Å². The van der Waals surface area contributed by atoms with Gasteiger partial charge in [-0.15, -0.1) is 0 Å². The quantitative estimate of drug-likeness (QED) is 0.903. The molecular weight excluding hydrogens is 276 g/mol. The van der Waals surface area contributed by atoms with Crippen LogP contribution in [0.2, 0.25) is 5.02 Å². The maximum Gasteiger partial charge on any atom is 0.120 e. The second kappa shape index (κ2) is 6.18. The highest BCUT2D eigenvalue weighted by molar-refractivity contribution is 6.31. The van der Waals surface area contributed by atoms with E-state index in [1.807, 2.05) is 6.07 Å². The van der Waals surface area contributed by atoms with E-state index >= 15 is 0 Å². The van der Waals surface area contributed by atoms with Gasteiger partial charge < -0.3 is 15.2 Å². The predicted octanol–water partition coefficient (Wildman–Crippen LogP) is 3.54. The molecule has 2 rings (SSSR count). The number of nitriles is 1. The van der Waals surface area contributed by atoms with Crippen molar-refractivity contribution in [3.8, 4) is 17.6 Å². The van der Waals surface area contributed by atoms with Crippen LogP contribution < -0.4 is 10.1 Å². The van der Waals surface area contributed by atoms with Gasteiger partial charge in [-0.1, -0.05) is 11.6 Å². The fourth-order valence-electron chi connectivity index (χ4n) is 1.75. The Morgan fingerprint density at radius 1 is 1.30 bits per heavy atom. The highest BCUT2D eigenvalue weighted by Crippen LogP contribution is 2.25. The Labute approximate surface area is 122 Å². The third kappa shape index (κ3) is 3.14. The first-order valence-corrected chi connectivity index (χ1v) is 6.31. The van der Waals surface area contributed by atoms with Gasteiger partial charge in [0.1, 0.15) is 17.6 Å². The molecule has 5 heteroatoms. The first-order chi connectivity index (χ1) is 9.63. The van der Waals surface area contributed by atoms with Gasteiger partial charge in [0.05, 0.1) is 17.7 Å². The Balaban J connectivity index is 2.15. The van der Waals surface area contributed by atoms with E-state index in [1.54, 1.807) is 43.5 Å². The van der Waals surface area contributed by atoms with Crippen molar-refractivity contribution in [3.05, 3.63) is 52.5 Å². The number of phenolic OH excluding ortho intramolecular Hbond substituents is 1. The Morgan fingerprint density at radius 2 is 2.10 bits per heavy atom. The molecule has 0 fully saturated rings. The fourth-order valence-corrected chi connectivity index (χ4v) is 1.91. The van der Waals surface area contributed by atoms with Gasteiger partial charge in [0.2, 0.25) is 0 Å². The van der Waals surface area contributed by atoms with Gasteiger partial charge in [0.25, 0.3) is 0 Å². The van der Waals surface area contributed by atoms with E-state index < -0.39 is 0 Å². The molecule has 4 nitrogen and oxygen atoms in total. The molecule has 2 N–H and O–H groups in total. The summed E-state index contributed by atoms with van der Waals surface area (Å²) in [7, 11) is 1.57. The molecular formula is C15H13ClN2O2. The van der Waals surface area contributed by atoms with Crippen LogP contribution in [0.3, 0.4) is 0 Å². The zero-order valence-corrected chi connectivity index (χ0v) is 11.6. The lowest BCUT2D eigenvalue weighted by Gasteiger charge is -2.10. The normalized spacial score (nSPS) is 9.85. The molecule has 0 atom stereocenters. The maximum atomic E-state index is 9.78. The molecule has 0 spiro atoms. The van der Waals surface area contributed by atoms with Crippen LogP contribution in [0, 0.1) is 11.3 Å². The predicted molar refractivity (Wildman–Crippen MR) is 78.2 cm³/mol. The van der Waals surface area contributed by atoms with Crippen molar-refractivity contribution in [2.75, 3.05) is 12.4 Å². The Bertz CT molecular complexity index is 665. The van der Waals surface area contributed by atoms with Gasteiger partial charge in [0, 0.05) is 17.8 Å². The van der Waals surface area contributed by atoms with Crippen LogP contribution in [0.25, 0.3) is 0 Å². The van der Waals surface area contributed by atoms with Gasteiger partial charge in [-0.2, -0.15) is 5.26 Å². The summed E-state index contributed by atoms with van der Waals surface area (Å²) < 4.78 is 5.11. The van der Waals surface area contributed by atoms with Crippen molar-refractivity contribution in [1.29, 1.82) is 5.26 Å². The number of nitrogens with zero attached hydrogens (tertiary/aromatic N) is 1. The molecule has 102 valence electrons. The zero-order chi connectivity index (χ0) is 14.5. The summed E-state index contributed by atoms with van der Waals surface area (Å²) >= 11 is 5.87. The molecule has 0 aliphatic carbocycles. The highest BCUT2D eigenvalue weighted by atomic mass is 35.5. The van der Waals surface area contributed by atoms with Crippen LogP contribution in [0.15, 0.2) is 36.4 Å². The van der Waals surface area contributed by atoms with Gasteiger partial charge in [-0.3, -0.25) is 0 Å². The molecule has 0 aliphatic rings. The number of benzene rings is 2. The smallest absolute Gasteiger partial charge is 0.120 e. The van der Waals surface area contributed by atoms with Crippen molar-refractivity contribution in [1.82, 2.24) is 0 Å². The van der Waals surface area contributed by atoms with E-state index in [0.29, 0.717) is 28.4 Å². The van der Waals surface area contributed by atoms with E-state index in [9.17, 15) is 5.11 Å². The van der Waals surface area contributed by atoms with Gasteiger partial charge >= 0.3 is 0 Å². The number of hydrogen-bond acceptors (Lipinski definition) is 4. The Hall–Kier alpha value is -2.38. The number of halogens is 1. The molecule has 0 saturated heterocycles.